The average molecular weight is 465 g/mol. The number of carbonyl (C=O) groups is 2. The zero-order chi connectivity index (χ0) is 23.9. The average Bonchev–Trinajstić information content (AvgIpc) is 3.16. The lowest BCUT2D eigenvalue weighted by atomic mass is 9.72. The summed E-state index contributed by atoms with van der Waals surface area (Å²) in [6.07, 6.45) is 3.40. The van der Waals surface area contributed by atoms with Crippen LogP contribution in [-0.4, -0.2) is 48.6 Å². The minimum atomic E-state index is -0.632. The van der Waals surface area contributed by atoms with Gasteiger partial charge in [0.2, 0.25) is 11.8 Å². The highest BCUT2D eigenvalue weighted by Gasteiger charge is 2.54. The Bertz CT molecular complexity index is 1070. The van der Waals surface area contributed by atoms with Crippen LogP contribution in [0.1, 0.15) is 60.3 Å². The van der Waals surface area contributed by atoms with Crippen LogP contribution in [0, 0.1) is 19.7 Å². The molecular weight excluding hydrogens is 431 g/mol. The Labute approximate surface area is 200 Å². The summed E-state index contributed by atoms with van der Waals surface area (Å²) in [4.78, 5) is 28.8. The lowest BCUT2D eigenvalue weighted by molar-refractivity contribution is -0.141. The Kier molecular flexibility index (Phi) is 5.96. The third kappa shape index (κ3) is 4.02. The maximum absolute atomic E-state index is 14.4. The third-order valence-electron chi connectivity index (χ3n) is 8.05. The number of aryl methyl sites for hydroxylation is 2. The first kappa shape index (κ1) is 23.0. The van der Waals surface area contributed by atoms with E-state index in [0.29, 0.717) is 45.6 Å². The first-order chi connectivity index (χ1) is 16.3. The topological polar surface area (TPSA) is 58.6 Å². The first-order valence-electron chi connectivity index (χ1n) is 12.3. The molecular formula is C28H33FN2O3. The van der Waals surface area contributed by atoms with E-state index in [-0.39, 0.29) is 23.5 Å². The summed E-state index contributed by atoms with van der Waals surface area (Å²) in [6, 6.07) is 12.9. The highest BCUT2D eigenvalue weighted by Crippen LogP contribution is 2.45. The lowest BCUT2D eigenvalue weighted by Crippen LogP contribution is -2.57. The largest absolute Gasteiger partial charge is 0.381 e. The fourth-order valence-corrected chi connectivity index (χ4v) is 6.43. The van der Waals surface area contributed by atoms with Gasteiger partial charge in [0.1, 0.15) is 5.82 Å². The van der Waals surface area contributed by atoms with Gasteiger partial charge in [0.25, 0.3) is 0 Å². The van der Waals surface area contributed by atoms with Gasteiger partial charge in [-0.25, -0.2) is 4.39 Å². The van der Waals surface area contributed by atoms with Crippen LogP contribution in [0.15, 0.2) is 42.5 Å². The van der Waals surface area contributed by atoms with Crippen molar-refractivity contribution in [3.8, 4) is 0 Å². The van der Waals surface area contributed by atoms with Gasteiger partial charge in [0.15, 0.2) is 0 Å². The quantitative estimate of drug-likeness (QED) is 0.742. The zero-order valence-electron chi connectivity index (χ0n) is 20.0. The van der Waals surface area contributed by atoms with E-state index in [4.69, 9.17) is 4.74 Å². The molecule has 1 N–H and O–H groups in total. The van der Waals surface area contributed by atoms with E-state index >= 15 is 0 Å². The molecule has 0 bridgehead atoms. The second-order valence-electron chi connectivity index (χ2n) is 10.4. The first-order valence-corrected chi connectivity index (χ1v) is 12.3. The summed E-state index contributed by atoms with van der Waals surface area (Å²) in [5, 5.41) is 3.26. The fourth-order valence-electron chi connectivity index (χ4n) is 6.43. The SMILES string of the molecule is Cc1cc(C)cc(C2(C(=O)N3C[C@@H](c4ccc(F)cc4)[C@@]4(CCCC(=O)N4)C3)CCOCC2)c1. The van der Waals surface area contributed by atoms with Crippen molar-refractivity contribution in [3.05, 3.63) is 70.5 Å². The summed E-state index contributed by atoms with van der Waals surface area (Å²) < 4.78 is 19.4. The molecule has 5 rings (SSSR count). The predicted octanol–water partition coefficient (Wildman–Crippen LogP) is 4.16. The van der Waals surface area contributed by atoms with Gasteiger partial charge < -0.3 is 15.0 Å². The molecule has 6 heteroatoms. The number of benzene rings is 2. The van der Waals surface area contributed by atoms with Crippen LogP contribution in [0.5, 0.6) is 0 Å². The van der Waals surface area contributed by atoms with Gasteiger partial charge in [-0.3, -0.25) is 9.59 Å². The normalized spacial score (nSPS) is 26.5. The maximum atomic E-state index is 14.4. The number of halogens is 1. The predicted molar refractivity (Wildman–Crippen MR) is 128 cm³/mol. The van der Waals surface area contributed by atoms with Crippen LogP contribution in [0.25, 0.3) is 0 Å². The highest BCUT2D eigenvalue weighted by atomic mass is 19.1. The zero-order valence-corrected chi connectivity index (χ0v) is 20.0. The minimum Gasteiger partial charge on any atom is -0.381 e. The van der Waals surface area contributed by atoms with E-state index in [2.05, 4.69) is 37.4 Å². The summed E-state index contributed by atoms with van der Waals surface area (Å²) in [6.45, 7) is 6.23. The molecule has 3 aliphatic rings. The van der Waals surface area contributed by atoms with E-state index in [1.165, 1.54) is 12.1 Å². The number of carbonyl (C=O) groups excluding carboxylic acids is 2. The Morgan fingerprint density at radius 1 is 1.06 bits per heavy atom. The molecule has 3 heterocycles. The van der Waals surface area contributed by atoms with Gasteiger partial charge in [-0.15, -0.1) is 0 Å². The van der Waals surface area contributed by atoms with Crippen LogP contribution in [0.2, 0.25) is 0 Å². The lowest BCUT2D eigenvalue weighted by Gasteiger charge is -2.41. The van der Waals surface area contributed by atoms with E-state index in [9.17, 15) is 14.0 Å². The molecule has 34 heavy (non-hydrogen) atoms. The van der Waals surface area contributed by atoms with Crippen LogP contribution in [0.4, 0.5) is 4.39 Å². The molecule has 0 unspecified atom stereocenters. The molecule has 2 aromatic rings. The Hall–Kier alpha value is -2.73. The molecule has 2 aromatic carbocycles. The van der Waals surface area contributed by atoms with Crippen LogP contribution >= 0.6 is 0 Å². The molecule has 1 spiro atoms. The van der Waals surface area contributed by atoms with Crippen LogP contribution in [-0.2, 0) is 19.7 Å². The van der Waals surface area contributed by atoms with Crippen molar-refractivity contribution in [1.82, 2.24) is 10.2 Å². The van der Waals surface area contributed by atoms with Crippen molar-refractivity contribution in [3.63, 3.8) is 0 Å². The van der Waals surface area contributed by atoms with Gasteiger partial charge in [0, 0.05) is 38.6 Å². The Morgan fingerprint density at radius 3 is 2.38 bits per heavy atom. The number of nitrogens with one attached hydrogen (secondary N) is 1. The fraction of sp³-hybridized carbons (Fsp3) is 0.500. The summed E-state index contributed by atoms with van der Waals surface area (Å²) in [5.41, 5.74) is 3.17. The van der Waals surface area contributed by atoms with Gasteiger partial charge in [-0.05, 0) is 62.8 Å². The number of ether oxygens (including phenoxy) is 1. The number of likely N-dealkylation sites (tertiary alicyclic amines) is 1. The van der Waals surface area contributed by atoms with Crippen molar-refractivity contribution >= 4 is 11.8 Å². The van der Waals surface area contributed by atoms with Crippen LogP contribution in [0.3, 0.4) is 0 Å². The summed E-state index contributed by atoms with van der Waals surface area (Å²) in [5.74, 6) is -0.211. The maximum Gasteiger partial charge on any atom is 0.233 e. The van der Waals surface area contributed by atoms with E-state index in [1.807, 2.05) is 4.90 Å². The van der Waals surface area contributed by atoms with E-state index in [1.54, 1.807) is 12.1 Å². The van der Waals surface area contributed by atoms with E-state index in [0.717, 1.165) is 35.1 Å². The van der Waals surface area contributed by atoms with Crippen molar-refractivity contribution in [2.75, 3.05) is 26.3 Å². The van der Waals surface area contributed by atoms with Crippen LogP contribution < -0.4 is 5.32 Å². The van der Waals surface area contributed by atoms with Crippen molar-refractivity contribution < 1.29 is 18.7 Å². The second-order valence-corrected chi connectivity index (χ2v) is 10.4. The molecule has 2 atom stereocenters. The highest BCUT2D eigenvalue weighted by molar-refractivity contribution is 5.89. The monoisotopic (exact) mass is 464 g/mol. The molecule has 5 nitrogen and oxygen atoms in total. The van der Waals surface area contributed by atoms with Gasteiger partial charge in [-0.2, -0.15) is 0 Å². The molecule has 3 fully saturated rings. The van der Waals surface area contributed by atoms with Crippen molar-refractivity contribution in [1.29, 1.82) is 0 Å². The minimum absolute atomic E-state index is 0.0303. The number of amides is 2. The molecule has 0 aromatic heterocycles. The van der Waals surface area contributed by atoms with Gasteiger partial charge in [0.05, 0.1) is 11.0 Å². The number of piperidine rings is 1. The van der Waals surface area contributed by atoms with E-state index < -0.39 is 11.0 Å². The standard InChI is InChI=1S/C28H33FN2O3/c1-19-14-20(2)16-22(15-19)27(10-12-34-13-11-27)26(33)31-17-24(21-5-7-23(29)8-6-21)28(18-31)9-3-4-25(32)30-28/h5-8,14-16,24H,3-4,9-13,17-18H2,1-2H3,(H,30,32)/t24-,28+/m0/s1. The second kappa shape index (κ2) is 8.81. The molecule has 180 valence electrons. The number of hydrogen-bond donors (Lipinski definition) is 1. The molecule has 3 saturated heterocycles. The van der Waals surface area contributed by atoms with Gasteiger partial charge >= 0.3 is 0 Å². The van der Waals surface area contributed by atoms with Crippen molar-refractivity contribution in [2.24, 2.45) is 0 Å². The Balaban J connectivity index is 1.53. The molecule has 0 radical (unpaired) electrons. The molecule has 0 aliphatic carbocycles. The number of hydrogen-bond acceptors (Lipinski definition) is 3. The number of rotatable bonds is 3. The van der Waals surface area contributed by atoms with Crippen molar-refractivity contribution in [2.45, 2.75) is 62.8 Å². The number of nitrogens with zero attached hydrogens (tertiary/aromatic N) is 1. The third-order valence-corrected chi connectivity index (χ3v) is 8.05. The molecule has 3 aliphatic heterocycles. The summed E-state index contributed by atoms with van der Waals surface area (Å²) >= 11 is 0. The molecule has 0 saturated carbocycles. The smallest absolute Gasteiger partial charge is 0.233 e. The van der Waals surface area contributed by atoms with Gasteiger partial charge in [-0.1, -0.05) is 41.5 Å². The molecule has 2 amide bonds. The summed E-state index contributed by atoms with van der Waals surface area (Å²) in [7, 11) is 0. The Morgan fingerprint density at radius 2 is 1.74 bits per heavy atom.